The fraction of sp³-hybridized carbons (Fsp3) is 0.857. The summed E-state index contributed by atoms with van der Waals surface area (Å²) in [6, 6.07) is 0. The first-order valence-corrected chi connectivity index (χ1v) is 3.58. The molecule has 4 nitrogen and oxygen atoms in total. The van der Waals surface area contributed by atoms with E-state index >= 15 is 0 Å². The van der Waals surface area contributed by atoms with E-state index in [0.717, 1.165) is 0 Å². The van der Waals surface area contributed by atoms with Gasteiger partial charge in [0.05, 0.1) is 18.1 Å². The lowest BCUT2D eigenvalue weighted by atomic mass is 10.1. The molecule has 0 aliphatic heterocycles. The average molecular weight is 160 g/mol. The highest BCUT2D eigenvalue weighted by Crippen LogP contribution is 2.27. The molecule has 0 spiro atoms. The van der Waals surface area contributed by atoms with Gasteiger partial charge in [0, 0.05) is 7.11 Å². The van der Waals surface area contributed by atoms with Crippen LogP contribution in [-0.2, 0) is 9.53 Å². The zero-order valence-corrected chi connectivity index (χ0v) is 6.36. The minimum absolute atomic E-state index is 0.295. The Hall–Kier alpha value is -0.610. The number of aliphatic carboxylic acids is 1. The Kier molecular flexibility index (Phi) is 2.46. The smallest absolute Gasteiger partial charge is 0.306 e. The van der Waals surface area contributed by atoms with Crippen molar-refractivity contribution in [3.63, 3.8) is 0 Å². The molecule has 1 saturated carbocycles. The van der Waals surface area contributed by atoms with Gasteiger partial charge in [-0.1, -0.05) is 0 Å². The maximum Gasteiger partial charge on any atom is 0.306 e. The summed E-state index contributed by atoms with van der Waals surface area (Å²) in [6.45, 7) is 0. The van der Waals surface area contributed by atoms with E-state index in [1.165, 1.54) is 7.11 Å². The lowest BCUT2D eigenvalue weighted by Crippen LogP contribution is -2.20. The Labute approximate surface area is 64.8 Å². The maximum absolute atomic E-state index is 10.4. The molecule has 11 heavy (non-hydrogen) atoms. The van der Waals surface area contributed by atoms with Gasteiger partial charge in [-0.15, -0.1) is 0 Å². The second-order valence-corrected chi connectivity index (χ2v) is 2.85. The highest BCUT2D eigenvalue weighted by Gasteiger charge is 2.36. The van der Waals surface area contributed by atoms with Crippen molar-refractivity contribution >= 4 is 5.97 Å². The van der Waals surface area contributed by atoms with E-state index in [1.807, 2.05) is 0 Å². The molecule has 2 unspecified atom stereocenters. The molecule has 1 rings (SSSR count). The fourth-order valence-electron chi connectivity index (χ4n) is 1.43. The van der Waals surface area contributed by atoms with Gasteiger partial charge in [0.15, 0.2) is 0 Å². The Morgan fingerprint density at radius 3 is 2.45 bits per heavy atom. The summed E-state index contributed by atoms with van der Waals surface area (Å²) in [5, 5.41) is 17.8. The van der Waals surface area contributed by atoms with E-state index in [9.17, 15) is 9.90 Å². The number of ether oxygens (including phenoxy) is 1. The molecule has 0 aromatic rings. The van der Waals surface area contributed by atoms with Crippen LogP contribution in [0, 0.1) is 5.92 Å². The number of aliphatic hydroxyl groups excluding tert-OH is 1. The molecule has 64 valence electrons. The summed E-state index contributed by atoms with van der Waals surface area (Å²) in [4.78, 5) is 10.4. The molecule has 0 bridgehead atoms. The predicted octanol–water partition coefficient (Wildman–Crippen LogP) is -0.143. The van der Waals surface area contributed by atoms with Crippen molar-refractivity contribution < 1.29 is 19.7 Å². The molecule has 0 saturated heterocycles. The van der Waals surface area contributed by atoms with Crippen molar-refractivity contribution in [2.75, 3.05) is 7.11 Å². The Balaban J connectivity index is 2.49. The Morgan fingerprint density at radius 1 is 1.55 bits per heavy atom. The van der Waals surface area contributed by atoms with E-state index in [1.54, 1.807) is 0 Å². The van der Waals surface area contributed by atoms with Gasteiger partial charge in [-0.2, -0.15) is 0 Å². The van der Waals surface area contributed by atoms with Gasteiger partial charge in [-0.25, -0.2) is 0 Å². The van der Waals surface area contributed by atoms with Crippen molar-refractivity contribution in [2.45, 2.75) is 25.0 Å². The zero-order valence-electron chi connectivity index (χ0n) is 6.36. The third kappa shape index (κ3) is 1.70. The molecule has 1 aliphatic carbocycles. The summed E-state index contributed by atoms with van der Waals surface area (Å²) in [6.07, 6.45) is -0.168. The van der Waals surface area contributed by atoms with Crippen LogP contribution >= 0.6 is 0 Å². The lowest BCUT2D eigenvalue weighted by molar-refractivity contribution is -0.141. The van der Waals surface area contributed by atoms with Gasteiger partial charge in [-0.3, -0.25) is 4.79 Å². The van der Waals surface area contributed by atoms with E-state index < -0.39 is 18.0 Å². The van der Waals surface area contributed by atoms with E-state index in [4.69, 9.17) is 9.84 Å². The first-order chi connectivity index (χ1) is 5.15. The molecular formula is C7H12O4. The molecule has 3 atom stereocenters. The van der Waals surface area contributed by atoms with Gasteiger partial charge in [0.25, 0.3) is 0 Å². The number of carboxylic acid groups (broad SMARTS) is 1. The molecule has 4 heteroatoms. The number of rotatable bonds is 2. The number of hydrogen-bond acceptors (Lipinski definition) is 3. The van der Waals surface area contributed by atoms with Crippen molar-refractivity contribution in [3.05, 3.63) is 0 Å². The van der Waals surface area contributed by atoms with Gasteiger partial charge in [0.1, 0.15) is 0 Å². The van der Waals surface area contributed by atoms with Crippen molar-refractivity contribution in [1.82, 2.24) is 0 Å². The molecule has 2 N–H and O–H groups in total. The molecule has 1 fully saturated rings. The van der Waals surface area contributed by atoms with Crippen LogP contribution in [-0.4, -0.2) is 35.5 Å². The predicted molar refractivity (Wildman–Crippen MR) is 37.2 cm³/mol. The third-order valence-electron chi connectivity index (χ3n) is 2.12. The third-order valence-corrected chi connectivity index (χ3v) is 2.12. The standard InChI is InChI=1S/C7H12O4/c1-11-6-3-4(7(9)10)2-5(6)8/h4-6,8H,2-3H2,1H3,(H,9,10)/t4?,5?,6-/m0/s1. The van der Waals surface area contributed by atoms with Crippen LogP contribution in [0.2, 0.25) is 0 Å². The van der Waals surface area contributed by atoms with Gasteiger partial charge in [0.2, 0.25) is 0 Å². The molecular weight excluding hydrogens is 148 g/mol. The highest BCUT2D eigenvalue weighted by molar-refractivity contribution is 5.70. The van der Waals surface area contributed by atoms with Crippen LogP contribution in [0.25, 0.3) is 0 Å². The zero-order chi connectivity index (χ0) is 8.43. The average Bonchev–Trinajstić information content (AvgIpc) is 2.31. The van der Waals surface area contributed by atoms with Crippen molar-refractivity contribution in [2.24, 2.45) is 5.92 Å². The fourth-order valence-corrected chi connectivity index (χ4v) is 1.43. The number of hydrogen-bond donors (Lipinski definition) is 2. The quantitative estimate of drug-likeness (QED) is 0.590. The molecule has 0 radical (unpaired) electrons. The summed E-state index contributed by atoms with van der Waals surface area (Å²) in [7, 11) is 1.48. The number of carboxylic acids is 1. The summed E-state index contributed by atoms with van der Waals surface area (Å²) in [5.74, 6) is -1.28. The molecule has 0 aromatic carbocycles. The molecule has 1 aliphatic rings. The molecule has 0 heterocycles. The normalized spacial score (nSPS) is 37.5. The second kappa shape index (κ2) is 3.19. The molecule has 0 aromatic heterocycles. The monoisotopic (exact) mass is 160 g/mol. The van der Waals surface area contributed by atoms with Crippen LogP contribution in [0.1, 0.15) is 12.8 Å². The lowest BCUT2D eigenvalue weighted by Gasteiger charge is -2.10. The minimum atomic E-state index is -0.844. The largest absolute Gasteiger partial charge is 0.481 e. The van der Waals surface area contributed by atoms with Gasteiger partial charge < -0.3 is 14.9 Å². The summed E-state index contributed by atoms with van der Waals surface area (Å²) < 4.78 is 4.89. The number of carbonyl (C=O) groups is 1. The second-order valence-electron chi connectivity index (χ2n) is 2.85. The number of methoxy groups -OCH3 is 1. The summed E-state index contributed by atoms with van der Waals surface area (Å²) >= 11 is 0. The van der Waals surface area contributed by atoms with Crippen molar-refractivity contribution in [3.8, 4) is 0 Å². The van der Waals surface area contributed by atoms with E-state index in [-0.39, 0.29) is 6.10 Å². The van der Waals surface area contributed by atoms with Gasteiger partial charge >= 0.3 is 5.97 Å². The first-order valence-electron chi connectivity index (χ1n) is 3.58. The van der Waals surface area contributed by atoms with E-state index in [2.05, 4.69) is 0 Å². The maximum atomic E-state index is 10.4. The Morgan fingerprint density at radius 2 is 2.18 bits per heavy atom. The van der Waals surface area contributed by atoms with Gasteiger partial charge in [-0.05, 0) is 12.8 Å². The van der Waals surface area contributed by atoms with E-state index in [0.29, 0.717) is 12.8 Å². The minimum Gasteiger partial charge on any atom is -0.481 e. The van der Waals surface area contributed by atoms with Crippen molar-refractivity contribution in [1.29, 1.82) is 0 Å². The van der Waals surface area contributed by atoms with Crippen LogP contribution in [0.5, 0.6) is 0 Å². The van der Waals surface area contributed by atoms with Crippen LogP contribution in [0.3, 0.4) is 0 Å². The topological polar surface area (TPSA) is 66.8 Å². The van der Waals surface area contributed by atoms with Crippen LogP contribution in [0.15, 0.2) is 0 Å². The molecule has 0 amide bonds. The first kappa shape index (κ1) is 8.49. The van der Waals surface area contributed by atoms with Crippen LogP contribution < -0.4 is 0 Å². The summed E-state index contributed by atoms with van der Waals surface area (Å²) in [5.41, 5.74) is 0. The Bertz CT molecular complexity index is 157. The number of aliphatic hydroxyl groups is 1. The van der Waals surface area contributed by atoms with Crippen LogP contribution in [0.4, 0.5) is 0 Å². The SMILES string of the molecule is CO[C@H]1CC(C(=O)O)CC1O. The highest BCUT2D eigenvalue weighted by atomic mass is 16.5.